The number of nitrogens with zero attached hydrogens (tertiary/aromatic N) is 1. The van der Waals surface area contributed by atoms with Gasteiger partial charge in [-0.15, -0.1) is 11.3 Å². The van der Waals surface area contributed by atoms with E-state index in [9.17, 15) is 4.79 Å². The highest BCUT2D eigenvalue weighted by atomic mass is 35.5. The third kappa shape index (κ3) is 3.19. The van der Waals surface area contributed by atoms with Crippen molar-refractivity contribution in [1.82, 2.24) is 4.98 Å². The predicted molar refractivity (Wildman–Crippen MR) is 82.5 cm³/mol. The Bertz CT molecular complexity index is 598. The number of hydrogen-bond donors (Lipinski definition) is 1. The van der Waals surface area contributed by atoms with Crippen LogP contribution in [-0.2, 0) is 24.1 Å². The predicted octanol–water partition coefficient (Wildman–Crippen LogP) is 3.86. The molecule has 3 rings (SSSR count). The molecule has 0 bridgehead atoms. The molecular weight excluding hydrogens is 292 g/mol. The van der Waals surface area contributed by atoms with E-state index in [0.717, 1.165) is 23.5 Å². The Balaban J connectivity index is 1.63. The van der Waals surface area contributed by atoms with Crippen molar-refractivity contribution in [2.24, 2.45) is 0 Å². The fraction of sp³-hybridized carbons (Fsp3) is 0.333. The van der Waals surface area contributed by atoms with E-state index in [1.165, 1.54) is 23.4 Å². The second-order valence-electron chi connectivity index (χ2n) is 4.95. The number of fused-ring (bicyclic) bond motifs is 1. The first kappa shape index (κ1) is 13.6. The van der Waals surface area contributed by atoms with Crippen LogP contribution in [0.15, 0.2) is 24.3 Å². The van der Waals surface area contributed by atoms with Crippen LogP contribution in [0.5, 0.6) is 0 Å². The molecule has 1 aliphatic carbocycles. The fourth-order valence-corrected chi connectivity index (χ4v) is 3.55. The molecule has 0 spiro atoms. The molecule has 0 radical (unpaired) electrons. The molecule has 0 aliphatic heterocycles. The van der Waals surface area contributed by atoms with Gasteiger partial charge in [0.05, 0.1) is 12.1 Å². The van der Waals surface area contributed by atoms with Crippen molar-refractivity contribution in [3.05, 3.63) is 45.4 Å². The molecule has 2 aromatic rings. The number of aromatic nitrogens is 1. The minimum atomic E-state index is -0.0292. The molecule has 1 aromatic carbocycles. The van der Waals surface area contributed by atoms with Crippen LogP contribution in [-0.4, -0.2) is 10.9 Å². The number of benzene rings is 1. The molecule has 1 N–H and O–H groups in total. The van der Waals surface area contributed by atoms with Gasteiger partial charge >= 0.3 is 0 Å². The number of aryl methyl sites for hydroxylation is 2. The van der Waals surface area contributed by atoms with E-state index >= 15 is 0 Å². The molecule has 0 saturated carbocycles. The summed E-state index contributed by atoms with van der Waals surface area (Å²) in [5.74, 6) is -0.0292. The largest absolute Gasteiger partial charge is 0.302 e. The molecule has 1 aromatic heterocycles. The van der Waals surface area contributed by atoms with Gasteiger partial charge in [0.1, 0.15) is 0 Å². The van der Waals surface area contributed by atoms with E-state index in [1.54, 1.807) is 23.5 Å². The second kappa shape index (κ2) is 5.94. The number of amides is 1. The molecule has 0 fully saturated rings. The zero-order chi connectivity index (χ0) is 13.9. The van der Waals surface area contributed by atoms with Gasteiger partial charge in [0, 0.05) is 9.90 Å². The van der Waals surface area contributed by atoms with Gasteiger partial charge in [0.15, 0.2) is 5.13 Å². The average molecular weight is 307 g/mol. The number of rotatable bonds is 3. The van der Waals surface area contributed by atoms with Gasteiger partial charge in [-0.25, -0.2) is 4.98 Å². The van der Waals surface area contributed by atoms with Crippen molar-refractivity contribution in [3.8, 4) is 0 Å². The van der Waals surface area contributed by atoms with Crippen LogP contribution in [0.3, 0.4) is 0 Å². The van der Waals surface area contributed by atoms with Crippen LogP contribution in [0.25, 0.3) is 0 Å². The van der Waals surface area contributed by atoms with Crippen molar-refractivity contribution in [1.29, 1.82) is 0 Å². The van der Waals surface area contributed by atoms with Gasteiger partial charge in [0.25, 0.3) is 0 Å². The van der Waals surface area contributed by atoms with Crippen LogP contribution in [0, 0.1) is 0 Å². The highest BCUT2D eigenvalue weighted by Crippen LogP contribution is 2.29. The average Bonchev–Trinajstić information content (AvgIpc) is 2.83. The van der Waals surface area contributed by atoms with Crippen molar-refractivity contribution < 1.29 is 4.79 Å². The van der Waals surface area contributed by atoms with Gasteiger partial charge in [-0.3, -0.25) is 4.79 Å². The number of thiazole rings is 1. The van der Waals surface area contributed by atoms with E-state index in [2.05, 4.69) is 10.3 Å². The topological polar surface area (TPSA) is 42.0 Å². The Kier molecular flexibility index (Phi) is 4.03. The normalized spacial score (nSPS) is 13.8. The van der Waals surface area contributed by atoms with E-state index in [-0.39, 0.29) is 5.91 Å². The summed E-state index contributed by atoms with van der Waals surface area (Å²) in [4.78, 5) is 17.8. The van der Waals surface area contributed by atoms with Gasteiger partial charge in [-0.05, 0) is 43.4 Å². The number of carbonyl (C=O) groups is 1. The van der Waals surface area contributed by atoms with Crippen LogP contribution >= 0.6 is 22.9 Å². The minimum absolute atomic E-state index is 0.0292. The summed E-state index contributed by atoms with van der Waals surface area (Å²) in [6.45, 7) is 0. The summed E-state index contributed by atoms with van der Waals surface area (Å²) in [6.07, 6.45) is 4.92. The Morgan fingerprint density at radius 1 is 1.25 bits per heavy atom. The highest BCUT2D eigenvalue weighted by molar-refractivity contribution is 7.15. The molecule has 0 unspecified atom stereocenters. The monoisotopic (exact) mass is 306 g/mol. The summed E-state index contributed by atoms with van der Waals surface area (Å²) in [7, 11) is 0. The zero-order valence-corrected chi connectivity index (χ0v) is 12.6. The molecule has 0 saturated heterocycles. The van der Waals surface area contributed by atoms with E-state index in [4.69, 9.17) is 11.6 Å². The lowest BCUT2D eigenvalue weighted by molar-refractivity contribution is -0.115. The lowest BCUT2D eigenvalue weighted by Gasteiger charge is -2.06. The molecular formula is C15H15ClN2OS. The van der Waals surface area contributed by atoms with Crippen molar-refractivity contribution >= 4 is 34.0 Å². The summed E-state index contributed by atoms with van der Waals surface area (Å²) < 4.78 is 0. The Morgan fingerprint density at radius 3 is 2.75 bits per heavy atom. The van der Waals surface area contributed by atoms with E-state index in [0.29, 0.717) is 11.4 Å². The third-order valence-electron chi connectivity index (χ3n) is 3.37. The van der Waals surface area contributed by atoms with Gasteiger partial charge in [-0.2, -0.15) is 0 Å². The lowest BCUT2D eigenvalue weighted by Crippen LogP contribution is -2.14. The first-order valence-corrected chi connectivity index (χ1v) is 7.93. The van der Waals surface area contributed by atoms with Crippen LogP contribution < -0.4 is 5.32 Å². The number of hydrogen-bond acceptors (Lipinski definition) is 3. The van der Waals surface area contributed by atoms with Crippen LogP contribution in [0.1, 0.15) is 29.0 Å². The minimum Gasteiger partial charge on any atom is -0.302 e. The Hall–Kier alpha value is -1.39. The molecule has 5 heteroatoms. The van der Waals surface area contributed by atoms with E-state index in [1.807, 2.05) is 12.1 Å². The Labute approximate surface area is 127 Å². The van der Waals surface area contributed by atoms with Crippen LogP contribution in [0.2, 0.25) is 5.02 Å². The zero-order valence-electron chi connectivity index (χ0n) is 11.0. The first-order valence-electron chi connectivity index (χ1n) is 6.73. The summed E-state index contributed by atoms with van der Waals surface area (Å²) in [5.41, 5.74) is 2.12. The highest BCUT2D eigenvalue weighted by Gasteiger charge is 2.16. The fourth-order valence-electron chi connectivity index (χ4n) is 2.36. The number of halogens is 1. The molecule has 1 amide bonds. The molecule has 3 nitrogen and oxygen atoms in total. The van der Waals surface area contributed by atoms with Crippen molar-refractivity contribution in [2.45, 2.75) is 32.1 Å². The van der Waals surface area contributed by atoms with E-state index < -0.39 is 0 Å². The number of carbonyl (C=O) groups excluding carboxylic acids is 1. The van der Waals surface area contributed by atoms with Crippen molar-refractivity contribution in [3.63, 3.8) is 0 Å². The first-order chi connectivity index (χ1) is 9.70. The standard InChI is InChI=1S/C15H15ClN2OS/c16-11-7-5-10(6-8-11)9-14(19)18-15-17-12-3-1-2-4-13(12)20-15/h5-8H,1-4,9H2,(H,17,18,19). The van der Waals surface area contributed by atoms with Gasteiger partial charge in [-0.1, -0.05) is 23.7 Å². The molecule has 0 atom stereocenters. The number of anilines is 1. The van der Waals surface area contributed by atoms with Gasteiger partial charge < -0.3 is 5.32 Å². The third-order valence-corrected chi connectivity index (χ3v) is 4.69. The van der Waals surface area contributed by atoms with Gasteiger partial charge in [0.2, 0.25) is 5.91 Å². The Morgan fingerprint density at radius 2 is 2.00 bits per heavy atom. The molecule has 20 heavy (non-hydrogen) atoms. The summed E-state index contributed by atoms with van der Waals surface area (Å²) in [5, 5.41) is 4.31. The summed E-state index contributed by atoms with van der Waals surface area (Å²) >= 11 is 7.44. The SMILES string of the molecule is O=C(Cc1ccc(Cl)cc1)Nc1nc2c(s1)CCCC2. The maximum absolute atomic E-state index is 12.0. The molecule has 1 heterocycles. The summed E-state index contributed by atoms with van der Waals surface area (Å²) in [6, 6.07) is 7.34. The quantitative estimate of drug-likeness (QED) is 0.935. The van der Waals surface area contributed by atoms with Crippen LogP contribution in [0.4, 0.5) is 5.13 Å². The smallest absolute Gasteiger partial charge is 0.230 e. The second-order valence-corrected chi connectivity index (χ2v) is 6.47. The molecule has 104 valence electrons. The maximum atomic E-state index is 12.0. The molecule has 1 aliphatic rings. The maximum Gasteiger partial charge on any atom is 0.230 e. The van der Waals surface area contributed by atoms with Crippen molar-refractivity contribution in [2.75, 3.05) is 5.32 Å². The lowest BCUT2D eigenvalue weighted by atomic mass is 10.0. The number of nitrogens with one attached hydrogen (secondary N) is 1.